The van der Waals surface area contributed by atoms with Crippen molar-refractivity contribution >= 4 is 28.3 Å². The summed E-state index contributed by atoms with van der Waals surface area (Å²) < 4.78 is 39.8. The maximum atomic E-state index is 12.0. The number of halogens is 4. The van der Waals surface area contributed by atoms with E-state index in [9.17, 15) is 13.2 Å². The number of nitrogens with two attached hydrogens (primary N) is 1. The standard InChI is InChI=1S/C7H3F3IN3O/c8-7(9,10)15-6-4(1-12)14-2-3(11)5(6)13/h2H,(H2,13,14). The molecule has 0 amide bonds. The molecule has 0 fully saturated rings. The number of hydrogen-bond acceptors (Lipinski definition) is 4. The summed E-state index contributed by atoms with van der Waals surface area (Å²) in [5.74, 6) is -0.753. The molecule has 0 saturated carbocycles. The molecule has 15 heavy (non-hydrogen) atoms. The third-order valence-electron chi connectivity index (χ3n) is 1.35. The van der Waals surface area contributed by atoms with E-state index in [-0.39, 0.29) is 9.26 Å². The lowest BCUT2D eigenvalue weighted by atomic mass is 10.3. The van der Waals surface area contributed by atoms with Crippen molar-refractivity contribution in [2.45, 2.75) is 6.36 Å². The van der Waals surface area contributed by atoms with Gasteiger partial charge in [0.2, 0.25) is 0 Å². The van der Waals surface area contributed by atoms with Crippen LogP contribution in [0.3, 0.4) is 0 Å². The first-order valence-corrected chi connectivity index (χ1v) is 4.53. The lowest BCUT2D eigenvalue weighted by Crippen LogP contribution is -2.19. The maximum absolute atomic E-state index is 12.0. The number of aromatic nitrogens is 1. The third-order valence-corrected chi connectivity index (χ3v) is 2.21. The summed E-state index contributed by atoms with van der Waals surface area (Å²) in [5.41, 5.74) is 4.60. The van der Waals surface area contributed by atoms with Gasteiger partial charge < -0.3 is 10.5 Å². The Bertz CT molecular complexity index is 427. The van der Waals surface area contributed by atoms with E-state index in [1.807, 2.05) is 0 Å². The molecule has 0 aliphatic heterocycles. The van der Waals surface area contributed by atoms with E-state index in [0.717, 1.165) is 0 Å². The molecule has 2 N–H and O–H groups in total. The molecule has 1 heterocycles. The van der Waals surface area contributed by atoms with E-state index in [2.05, 4.69) is 9.72 Å². The number of alkyl halides is 3. The second-order valence-electron chi connectivity index (χ2n) is 2.36. The quantitative estimate of drug-likeness (QED) is 0.801. The van der Waals surface area contributed by atoms with E-state index in [0.29, 0.717) is 0 Å². The molecule has 0 aliphatic rings. The minimum atomic E-state index is -4.90. The van der Waals surface area contributed by atoms with Gasteiger partial charge in [0.05, 0.1) is 9.26 Å². The fraction of sp³-hybridized carbons (Fsp3) is 0.143. The summed E-state index contributed by atoms with van der Waals surface area (Å²) in [6, 6.07) is 1.47. The van der Waals surface area contributed by atoms with Crippen LogP contribution in [0.4, 0.5) is 18.9 Å². The number of nitriles is 1. The van der Waals surface area contributed by atoms with Gasteiger partial charge in [-0.25, -0.2) is 4.98 Å². The predicted octanol–water partition coefficient (Wildman–Crippen LogP) is 2.04. The highest BCUT2D eigenvalue weighted by Gasteiger charge is 2.34. The SMILES string of the molecule is N#Cc1ncc(I)c(N)c1OC(F)(F)F. The van der Waals surface area contributed by atoms with Gasteiger partial charge in [0, 0.05) is 6.20 Å². The first kappa shape index (κ1) is 11.8. The lowest BCUT2D eigenvalue weighted by molar-refractivity contribution is -0.274. The number of ether oxygens (including phenoxy) is 1. The van der Waals surface area contributed by atoms with Crippen LogP contribution >= 0.6 is 22.6 Å². The summed E-state index contributed by atoms with van der Waals surface area (Å²) in [6.45, 7) is 0. The third kappa shape index (κ3) is 2.85. The number of nitrogens with zero attached hydrogens (tertiary/aromatic N) is 2. The second kappa shape index (κ2) is 4.09. The van der Waals surface area contributed by atoms with Crippen molar-refractivity contribution in [2.24, 2.45) is 0 Å². The monoisotopic (exact) mass is 329 g/mol. The average Bonchev–Trinajstić information content (AvgIpc) is 2.11. The largest absolute Gasteiger partial charge is 0.573 e. The van der Waals surface area contributed by atoms with Crippen LogP contribution in [0.1, 0.15) is 5.69 Å². The van der Waals surface area contributed by atoms with E-state index >= 15 is 0 Å². The molecule has 0 aromatic carbocycles. The molecule has 4 nitrogen and oxygen atoms in total. The van der Waals surface area contributed by atoms with Crippen molar-refractivity contribution in [1.82, 2.24) is 4.98 Å². The van der Waals surface area contributed by atoms with Crippen LogP contribution in [-0.2, 0) is 0 Å². The smallest absolute Gasteiger partial charge is 0.400 e. The van der Waals surface area contributed by atoms with E-state index in [4.69, 9.17) is 11.0 Å². The van der Waals surface area contributed by atoms with Gasteiger partial charge in [-0.15, -0.1) is 13.2 Å². The Hall–Kier alpha value is -1.24. The molecule has 0 bridgehead atoms. The Kier molecular flexibility index (Phi) is 3.23. The van der Waals surface area contributed by atoms with Crippen LogP contribution < -0.4 is 10.5 Å². The van der Waals surface area contributed by atoms with Gasteiger partial charge in [-0.05, 0) is 22.6 Å². The zero-order valence-corrected chi connectivity index (χ0v) is 9.13. The molecule has 1 aromatic heterocycles. The Morgan fingerprint density at radius 2 is 2.13 bits per heavy atom. The van der Waals surface area contributed by atoms with E-state index < -0.39 is 17.8 Å². The molecule has 0 unspecified atom stereocenters. The van der Waals surface area contributed by atoms with Crippen molar-refractivity contribution in [3.8, 4) is 11.8 Å². The van der Waals surface area contributed by atoms with Gasteiger partial charge in [0.1, 0.15) is 6.07 Å². The highest BCUT2D eigenvalue weighted by Crippen LogP contribution is 2.33. The van der Waals surface area contributed by atoms with E-state index in [1.54, 1.807) is 22.6 Å². The van der Waals surface area contributed by atoms with Gasteiger partial charge in [0.25, 0.3) is 0 Å². The van der Waals surface area contributed by atoms with Crippen LogP contribution in [-0.4, -0.2) is 11.3 Å². The molecule has 8 heteroatoms. The Labute approximate surface area is 96.0 Å². The summed E-state index contributed by atoms with van der Waals surface area (Å²) in [6.07, 6.45) is -3.70. The van der Waals surface area contributed by atoms with Crippen molar-refractivity contribution in [3.05, 3.63) is 15.5 Å². The molecule has 1 aromatic rings. The number of anilines is 1. The molecule has 0 spiro atoms. The number of pyridine rings is 1. The van der Waals surface area contributed by atoms with Crippen LogP contribution in [0, 0.1) is 14.9 Å². The molecule has 80 valence electrons. The predicted molar refractivity (Wildman–Crippen MR) is 52.8 cm³/mol. The van der Waals surface area contributed by atoms with Crippen molar-refractivity contribution < 1.29 is 17.9 Å². The maximum Gasteiger partial charge on any atom is 0.573 e. The van der Waals surface area contributed by atoms with E-state index in [1.165, 1.54) is 12.3 Å². The van der Waals surface area contributed by atoms with Crippen molar-refractivity contribution in [1.29, 1.82) is 5.26 Å². The van der Waals surface area contributed by atoms with Gasteiger partial charge in [-0.2, -0.15) is 5.26 Å². The molecule has 1 rings (SSSR count). The van der Waals surface area contributed by atoms with Gasteiger partial charge in [-0.1, -0.05) is 0 Å². The molecular weight excluding hydrogens is 326 g/mol. The van der Waals surface area contributed by atoms with Crippen LogP contribution in [0.15, 0.2) is 6.20 Å². The van der Waals surface area contributed by atoms with Crippen LogP contribution in [0.2, 0.25) is 0 Å². The average molecular weight is 329 g/mol. The Balaban J connectivity index is 3.26. The van der Waals surface area contributed by atoms with Crippen LogP contribution in [0.25, 0.3) is 0 Å². The zero-order valence-electron chi connectivity index (χ0n) is 6.97. The zero-order chi connectivity index (χ0) is 11.6. The minimum absolute atomic E-state index is 0.250. The Morgan fingerprint density at radius 3 is 2.60 bits per heavy atom. The molecule has 0 atom stereocenters. The number of hydrogen-bond donors (Lipinski definition) is 1. The first-order valence-electron chi connectivity index (χ1n) is 3.45. The molecule has 0 radical (unpaired) electrons. The number of rotatable bonds is 1. The second-order valence-corrected chi connectivity index (χ2v) is 3.52. The first-order chi connectivity index (χ1) is 6.85. The molecule has 0 saturated heterocycles. The molecule has 0 aliphatic carbocycles. The highest BCUT2D eigenvalue weighted by molar-refractivity contribution is 14.1. The van der Waals surface area contributed by atoms with Gasteiger partial charge >= 0.3 is 6.36 Å². The normalized spacial score (nSPS) is 10.9. The fourth-order valence-electron chi connectivity index (χ4n) is 0.784. The fourth-order valence-corrected chi connectivity index (χ4v) is 1.17. The lowest BCUT2D eigenvalue weighted by Gasteiger charge is -2.12. The van der Waals surface area contributed by atoms with Crippen LogP contribution in [0.5, 0.6) is 5.75 Å². The topological polar surface area (TPSA) is 71.9 Å². The summed E-state index contributed by atoms with van der Waals surface area (Å²) in [7, 11) is 0. The highest BCUT2D eigenvalue weighted by atomic mass is 127. The number of nitrogen functional groups attached to an aromatic ring is 1. The summed E-state index contributed by atoms with van der Waals surface area (Å²) in [4.78, 5) is 3.47. The minimum Gasteiger partial charge on any atom is -0.400 e. The van der Waals surface area contributed by atoms with Gasteiger partial charge in [0.15, 0.2) is 11.4 Å². The molecular formula is C7H3F3IN3O. The Morgan fingerprint density at radius 1 is 1.53 bits per heavy atom. The summed E-state index contributed by atoms with van der Waals surface area (Å²) in [5, 5.41) is 8.51. The van der Waals surface area contributed by atoms with Crippen molar-refractivity contribution in [2.75, 3.05) is 5.73 Å². The van der Waals surface area contributed by atoms with Crippen molar-refractivity contribution in [3.63, 3.8) is 0 Å². The van der Waals surface area contributed by atoms with Gasteiger partial charge in [-0.3, -0.25) is 0 Å². The summed E-state index contributed by atoms with van der Waals surface area (Å²) >= 11 is 1.69.